The summed E-state index contributed by atoms with van der Waals surface area (Å²) in [7, 11) is 0. The van der Waals surface area contributed by atoms with E-state index in [0.717, 1.165) is 25.7 Å². The monoisotopic (exact) mass is 308 g/mol. The molecule has 0 radical (unpaired) electrons. The van der Waals surface area contributed by atoms with E-state index in [9.17, 15) is 4.79 Å². The highest BCUT2D eigenvalue weighted by molar-refractivity contribution is 7.08. The number of anilines is 1. The lowest BCUT2D eigenvalue weighted by molar-refractivity contribution is 0.00684. The van der Waals surface area contributed by atoms with E-state index in [1.165, 1.54) is 5.69 Å². The van der Waals surface area contributed by atoms with Crippen LogP contribution in [0.25, 0.3) is 0 Å². The van der Waals surface area contributed by atoms with Gasteiger partial charge in [-0.3, -0.25) is 0 Å². The Morgan fingerprint density at radius 3 is 2.52 bits per heavy atom. The van der Waals surface area contributed by atoms with Crippen molar-refractivity contribution in [3.63, 3.8) is 0 Å². The summed E-state index contributed by atoms with van der Waals surface area (Å²) in [5, 5.41) is 7.83. The van der Waals surface area contributed by atoms with Gasteiger partial charge in [0.2, 0.25) is 0 Å². The predicted octanol–water partition coefficient (Wildman–Crippen LogP) is 4.09. The van der Waals surface area contributed by atoms with E-state index in [1.807, 2.05) is 25.7 Å². The number of thiophene rings is 1. The molecule has 116 valence electrons. The zero-order valence-electron chi connectivity index (χ0n) is 13.0. The van der Waals surface area contributed by atoms with Gasteiger partial charge in [0.25, 0.3) is 0 Å². The number of carbonyl (C=O) groups is 1. The average Bonchev–Trinajstić information content (AvgIpc) is 2.94. The quantitative estimate of drug-likeness (QED) is 0.894. The summed E-state index contributed by atoms with van der Waals surface area (Å²) in [6, 6.07) is 3.24. The molecule has 3 heterocycles. The van der Waals surface area contributed by atoms with Crippen molar-refractivity contribution < 1.29 is 9.53 Å². The van der Waals surface area contributed by atoms with Crippen molar-refractivity contribution in [2.24, 2.45) is 0 Å². The lowest BCUT2D eigenvalue weighted by Crippen LogP contribution is -2.51. The van der Waals surface area contributed by atoms with Crippen LogP contribution in [-0.2, 0) is 4.74 Å². The molecule has 4 nitrogen and oxygen atoms in total. The predicted molar refractivity (Wildman–Crippen MR) is 85.8 cm³/mol. The number of carbonyl (C=O) groups excluding carboxylic acids is 1. The largest absolute Gasteiger partial charge is 0.444 e. The van der Waals surface area contributed by atoms with Crippen LogP contribution < -0.4 is 5.32 Å². The molecule has 21 heavy (non-hydrogen) atoms. The molecule has 2 saturated heterocycles. The second-order valence-electron chi connectivity index (χ2n) is 7.10. The lowest BCUT2D eigenvalue weighted by Gasteiger charge is -2.39. The number of fused-ring (bicyclic) bond motifs is 2. The van der Waals surface area contributed by atoms with Gasteiger partial charge in [-0.25, -0.2) is 4.79 Å². The van der Waals surface area contributed by atoms with Gasteiger partial charge in [0, 0.05) is 29.2 Å². The number of nitrogens with one attached hydrogen (secondary N) is 1. The number of piperidine rings is 1. The number of hydrogen-bond donors (Lipinski definition) is 1. The fourth-order valence-corrected chi connectivity index (χ4v) is 4.09. The van der Waals surface area contributed by atoms with E-state index in [4.69, 9.17) is 4.74 Å². The standard InChI is InChI=1S/C16H24N2O2S/c1-16(2,3)20-15(19)18-13-4-5-14(18)9-12(8-13)17-11-6-7-21-10-11/h6-7,10,12-14,17H,4-5,8-9H2,1-3H3. The molecule has 1 aromatic rings. The molecule has 2 aliphatic heterocycles. The van der Waals surface area contributed by atoms with E-state index >= 15 is 0 Å². The average molecular weight is 308 g/mol. The van der Waals surface area contributed by atoms with Crippen LogP contribution in [0.1, 0.15) is 46.5 Å². The van der Waals surface area contributed by atoms with Crippen LogP contribution in [-0.4, -0.2) is 34.7 Å². The van der Waals surface area contributed by atoms with Crippen molar-refractivity contribution in [1.82, 2.24) is 4.90 Å². The number of rotatable bonds is 2. The van der Waals surface area contributed by atoms with E-state index in [2.05, 4.69) is 22.1 Å². The highest BCUT2D eigenvalue weighted by Crippen LogP contribution is 2.37. The van der Waals surface area contributed by atoms with E-state index in [-0.39, 0.29) is 6.09 Å². The minimum absolute atomic E-state index is 0.135. The molecule has 5 heteroatoms. The minimum Gasteiger partial charge on any atom is -0.444 e. The van der Waals surface area contributed by atoms with Crippen LogP contribution >= 0.6 is 11.3 Å². The zero-order chi connectivity index (χ0) is 15.0. The number of hydrogen-bond acceptors (Lipinski definition) is 4. The topological polar surface area (TPSA) is 41.6 Å². The first-order chi connectivity index (χ1) is 9.92. The van der Waals surface area contributed by atoms with Crippen molar-refractivity contribution in [2.45, 2.75) is 70.2 Å². The Bertz CT molecular complexity index is 481. The second-order valence-corrected chi connectivity index (χ2v) is 7.88. The maximum atomic E-state index is 12.4. The molecule has 0 aromatic carbocycles. The Hall–Kier alpha value is -1.23. The molecule has 0 saturated carbocycles. The van der Waals surface area contributed by atoms with Gasteiger partial charge in [0.15, 0.2) is 0 Å². The molecular weight excluding hydrogens is 284 g/mol. The zero-order valence-corrected chi connectivity index (χ0v) is 13.8. The van der Waals surface area contributed by atoms with E-state index in [1.54, 1.807) is 11.3 Å². The Morgan fingerprint density at radius 2 is 2.00 bits per heavy atom. The lowest BCUT2D eigenvalue weighted by atomic mass is 9.97. The Balaban J connectivity index is 1.63. The second kappa shape index (κ2) is 5.52. The molecule has 2 bridgehead atoms. The van der Waals surface area contributed by atoms with Crippen molar-refractivity contribution in [2.75, 3.05) is 5.32 Å². The van der Waals surface area contributed by atoms with Crippen molar-refractivity contribution >= 4 is 23.1 Å². The third kappa shape index (κ3) is 3.34. The van der Waals surface area contributed by atoms with E-state index in [0.29, 0.717) is 18.1 Å². The van der Waals surface area contributed by atoms with Crippen LogP contribution in [0.4, 0.5) is 10.5 Å². The van der Waals surface area contributed by atoms with Crippen LogP contribution in [0.3, 0.4) is 0 Å². The Labute approximate surface area is 130 Å². The summed E-state index contributed by atoms with van der Waals surface area (Å²) >= 11 is 1.71. The molecule has 2 atom stereocenters. The molecule has 2 fully saturated rings. The first kappa shape index (κ1) is 14.7. The van der Waals surface area contributed by atoms with E-state index < -0.39 is 5.60 Å². The normalized spacial score (nSPS) is 28.5. The first-order valence-corrected chi connectivity index (χ1v) is 8.67. The summed E-state index contributed by atoms with van der Waals surface area (Å²) in [5.41, 5.74) is 0.789. The van der Waals surface area contributed by atoms with Crippen LogP contribution in [0.15, 0.2) is 16.8 Å². The van der Waals surface area contributed by atoms with Gasteiger partial charge in [-0.1, -0.05) is 0 Å². The molecule has 1 aromatic heterocycles. The van der Waals surface area contributed by atoms with Gasteiger partial charge >= 0.3 is 6.09 Å². The molecule has 0 spiro atoms. The third-order valence-corrected chi connectivity index (χ3v) is 4.91. The van der Waals surface area contributed by atoms with Crippen molar-refractivity contribution in [3.05, 3.63) is 16.8 Å². The van der Waals surface area contributed by atoms with Gasteiger partial charge < -0.3 is 15.0 Å². The summed E-state index contributed by atoms with van der Waals surface area (Å²) in [6.45, 7) is 5.78. The highest BCUT2D eigenvalue weighted by Gasteiger charge is 2.44. The van der Waals surface area contributed by atoms with Gasteiger partial charge in [-0.2, -0.15) is 11.3 Å². The fourth-order valence-electron chi connectivity index (χ4n) is 3.49. The molecule has 2 unspecified atom stereocenters. The molecule has 1 amide bonds. The Morgan fingerprint density at radius 1 is 1.33 bits per heavy atom. The summed E-state index contributed by atoms with van der Waals surface area (Å²) in [6.07, 6.45) is 4.11. The molecule has 0 aliphatic carbocycles. The van der Waals surface area contributed by atoms with Crippen molar-refractivity contribution in [3.8, 4) is 0 Å². The van der Waals surface area contributed by atoms with Crippen molar-refractivity contribution in [1.29, 1.82) is 0 Å². The number of nitrogens with zero attached hydrogens (tertiary/aromatic N) is 1. The van der Waals surface area contributed by atoms with Gasteiger partial charge in [0.1, 0.15) is 5.60 Å². The SMILES string of the molecule is CC(C)(C)OC(=O)N1C2CCC1CC(Nc1ccsc1)C2. The highest BCUT2D eigenvalue weighted by atomic mass is 32.1. The van der Waals surface area contributed by atoms with Crippen LogP contribution in [0, 0.1) is 0 Å². The maximum Gasteiger partial charge on any atom is 0.410 e. The first-order valence-electron chi connectivity index (χ1n) is 7.72. The minimum atomic E-state index is -0.414. The maximum absolute atomic E-state index is 12.4. The number of ether oxygens (including phenoxy) is 1. The molecule has 2 aliphatic rings. The smallest absolute Gasteiger partial charge is 0.410 e. The molecule has 3 rings (SSSR count). The molecule has 1 N–H and O–H groups in total. The fraction of sp³-hybridized carbons (Fsp3) is 0.688. The van der Waals surface area contributed by atoms with Crippen LogP contribution in [0.5, 0.6) is 0 Å². The van der Waals surface area contributed by atoms with Gasteiger partial charge in [-0.05, 0) is 57.9 Å². The van der Waals surface area contributed by atoms with Crippen LogP contribution in [0.2, 0.25) is 0 Å². The summed E-state index contributed by atoms with van der Waals surface area (Å²) < 4.78 is 5.57. The summed E-state index contributed by atoms with van der Waals surface area (Å²) in [5.74, 6) is 0. The van der Waals surface area contributed by atoms with Gasteiger partial charge in [0.05, 0.1) is 0 Å². The van der Waals surface area contributed by atoms with Gasteiger partial charge in [-0.15, -0.1) is 0 Å². The summed E-state index contributed by atoms with van der Waals surface area (Å²) in [4.78, 5) is 14.4. The molecular formula is C16H24N2O2S. The number of amides is 1. The Kier molecular flexibility index (Phi) is 3.86. The third-order valence-electron chi connectivity index (χ3n) is 4.23.